The minimum absolute atomic E-state index is 0.00536. The Hall–Kier alpha value is -3.07. The van der Waals surface area contributed by atoms with Crippen molar-refractivity contribution in [3.63, 3.8) is 0 Å². The van der Waals surface area contributed by atoms with Crippen molar-refractivity contribution in [3.8, 4) is 17.2 Å². The third-order valence-electron chi connectivity index (χ3n) is 4.00. The molecule has 2 N–H and O–H groups in total. The molecule has 2 rings (SSSR count). The fourth-order valence-electron chi connectivity index (χ4n) is 2.53. The first-order chi connectivity index (χ1) is 14.8. The summed E-state index contributed by atoms with van der Waals surface area (Å²) in [6.45, 7) is 4.04. The van der Waals surface area contributed by atoms with Crippen LogP contribution < -0.4 is 25.0 Å². The van der Waals surface area contributed by atoms with E-state index in [0.717, 1.165) is 4.47 Å². The molecule has 166 valence electrons. The summed E-state index contributed by atoms with van der Waals surface area (Å²) >= 11 is 3.46. The molecular weight excluding hydrogens is 466 g/mol. The zero-order valence-corrected chi connectivity index (χ0v) is 19.5. The largest absolute Gasteiger partial charge is 0.497 e. The molecule has 0 heterocycles. The topological polar surface area (TPSA) is 98.2 Å². The average molecular weight is 492 g/mol. The van der Waals surface area contributed by atoms with Gasteiger partial charge in [0.2, 0.25) is 5.91 Å². The van der Waals surface area contributed by atoms with E-state index in [-0.39, 0.29) is 30.9 Å². The van der Waals surface area contributed by atoms with E-state index in [0.29, 0.717) is 28.4 Å². The zero-order chi connectivity index (χ0) is 22.8. The van der Waals surface area contributed by atoms with Gasteiger partial charge in [-0.15, -0.1) is 0 Å². The SMILES string of the molecule is COc1ccc(C(=O)NCCC(=O)NN=Cc2cc(Br)c(OC(C)C)c(OC)c2)cc1. The Bertz CT molecular complexity index is 929. The van der Waals surface area contributed by atoms with Gasteiger partial charge >= 0.3 is 0 Å². The number of carbonyl (C=O) groups excluding carboxylic acids is 2. The number of amides is 2. The van der Waals surface area contributed by atoms with Gasteiger partial charge in [-0.2, -0.15) is 5.10 Å². The first kappa shape index (κ1) is 24.2. The Balaban J connectivity index is 1.83. The number of carbonyl (C=O) groups is 2. The van der Waals surface area contributed by atoms with Gasteiger partial charge in [0, 0.05) is 18.5 Å². The quantitative estimate of drug-likeness (QED) is 0.391. The number of rotatable bonds is 10. The molecule has 0 aromatic heterocycles. The summed E-state index contributed by atoms with van der Waals surface area (Å²) in [5.41, 5.74) is 3.64. The highest BCUT2D eigenvalue weighted by Crippen LogP contribution is 2.36. The highest BCUT2D eigenvalue weighted by Gasteiger charge is 2.12. The second kappa shape index (κ2) is 11.9. The molecule has 0 bridgehead atoms. The van der Waals surface area contributed by atoms with Crippen molar-refractivity contribution >= 4 is 34.0 Å². The normalized spacial score (nSPS) is 10.8. The van der Waals surface area contributed by atoms with Gasteiger partial charge in [0.1, 0.15) is 5.75 Å². The van der Waals surface area contributed by atoms with Crippen LogP contribution in [0.25, 0.3) is 0 Å². The van der Waals surface area contributed by atoms with Crippen LogP contribution in [0.15, 0.2) is 46.0 Å². The maximum absolute atomic E-state index is 12.1. The lowest BCUT2D eigenvalue weighted by molar-refractivity contribution is -0.120. The van der Waals surface area contributed by atoms with Crippen molar-refractivity contribution in [2.24, 2.45) is 5.10 Å². The van der Waals surface area contributed by atoms with Crippen LogP contribution >= 0.6 is 15.9 Å². The Labute approximate surface area is 190 Å². The molecule has 0 aliphatic carbocycles. The van der Waals surface area contributed by atoms with Crippen LogP contribution in [-0.2, 0) is 4.79 Å². The number of benzene rings is 2. The summed E-state index contributed by atoms with van der Waals surface area (Å²) in [5.74, 6) is 1.24. The van der Waals surface area contributed by atoms with Crippen molar-refractivity contribution < 1.29 is 23.8 Å². The second-order valence-electron chi connectivity index (χ2n) is 6.73. The zero-order valence-electron chi connectivity index (χ0n) is 17.9. The molecule has 31 heavy (non-hydrogen) atoms. The first-order valence-corrected chi connectivity index (χ1v) is 10.4. The summed E-state index contributed by atoms with van der Waals surface area (Å²) in [5, 5.41) is 6.65. The molecule has 9 heteroatoms. The standard InChI is InChI=1S/C22H26BrN3O5/c1-14(2)31-21-18(23)11-15(12-19(21)30-4)13-25-26-20(27)9-10-24-22(28)16-5-7-17(29-3)8-6-16/h5-8,11-14H,9-10H2,1-4H3,(H,24,28)(H,26,27). The molecule has 0 atom stereocenters. The Morgan fingerprint density at radius 1 is 1.13 bits per heavy atom. The van der Waals surface area contributed by atoms with Crippen LogP contribution in [0.2, 0.25) is 0 Å². The van der Waals surface area contributed by atoms with E-state index >= 15 is 0 Å². The molecule has 0 radical (unpaired) electrons. The lowest BCUT2D eigenvalue weighted by Crippen LogP contribution is -2.29. The van der Waals surface area contributed by atoms with Crippen molar-refractivity contribution in [1.82, 2.24) is 10.7 Å². The minimum Gasteiger partial charge on any atom is -0.497 e. The molecule has 0 saturated carbocycles. The molecule has 8 nitrogen and oxygen atoms in total. The maximum Gasteiger partial charge on any atom is 0.251 e. The number of nitrogens with one attached hydrogen (secondary N) is 2. The van der Waals surface area contributed by atoms with E-state index in [9.17, 15) is 9.59 Å². The van der Waals surface area contributed by atoms with Gasteiger partial charge in [-0.1, -0.05) is 0 Å². The predicted molar refractivity (Wildman–Crippen MR) is 122 cm³/mol. The Morgan fingerprint density at radius 2 is 1.84 bits per heavy atom. The summed E-state index contributed by atoms with van der Waals surface area (Å²) < 4.78 is 16.9. The monoisotopic (exact) mass is 491 g/mol. The van der Waals surface area contributed by atoms with Crippen molar-refractivity contribution in [3.05, 3.63) is 52.0 Å². The van der Waals surface area contributed by atoms with Gasteiger partial charge in [0.25, 0.3) is 5.91 Å². The van der Waals surface area contributed by atoms with Gasteiger partial charge < -0.3 is 19.5 Å². The summed E-state index contributed by atoms with van der Waals surface area (Å²) in [7, 11) is 3.11. The fraction of sp³-hybridized carbons (Fsp3) is 0.318. The molecule has 0 unspecified atom stereocenters. The van der Waals surface area contributed by atoms with E-state index in [1.54, 1.807) is 44.6 Å². The number of hydrazone groups is 1. The number of hydrogen-bond acceptors (Lipinski definition) is 6. The Morgan fingerprint density at radius 3 is 2.45 bits per heavy atom. The van der Waals surface area contributed by atoms with Gasteiger partial charge in [-0.05, 0) is 71.7 Å². The van der Waals surface area contributed by atoms with Gasteiger partial charge in [-0.25, -0.2) is 5.43 Å². The van der Waals surface area contributed by atoms with Crippen molar-refractivity contribution in [2.75, 3.05) is 20.8 Å². The van der Waals surface area contributed by atoms with Crippen LogP contribution in [-0.4, -0.2) is 44.9 Å². The van der Waals surface area contributed by atoms with Crippen LogP contribution in [0, 0.1) is 0 Å². The van der Waals surface area contributed by atoms with Crippen molar-refractivity contribution in [2.45, 2.75) is 26.4 Å². The molecule has 0 spiro atoms. The maximum atomic E-state index is 12.1. The molecular formula is C22H26BrN3O5. The molecule has 0 fully saturated rings. The number of ether oxygens (including phenoxy) is 3. The predicted octanol–water partition coefficient (Wildman–Crippen LogP) is 3.52. The first-order valence-electron chi connectivity index (χ1n) is 9.62. The van der Waals surface area contributed by atoms with Gasteiger partial charge in [0.05, 0.1) is 31.0 Å². The van der Waals surface area contributed by atoms with Crippen molar-refractivity contribution in [1.29, 1.82) is 0 Å². The van der Waals surface area contributed by atoms with E-state index in [4.69, 9.17) is 14.2 Å². The highest BCUT2D eigenvalue weighted by molar-refractivity contribution is 9.10. The van der Waals surface area contributed by atoms with E-state index in [2.05, 4.69) is 31.8 Å². The fourth-order valence-corrected chi connectivity index (χ4v) is 3.09. The third kappa shape index (κ3) is 7.60. The third-order valence-corrected chi connectivity index (χ3v) is 4.59. The number of hydrogen-bond donors (Lipinski definition) is 2. The lowest BCUT2D eigenvalue weighted by Gasteiger charge is -2.15. The van der Waals surface area contributed by atoms with Crippen LogP contribution in [0.4, 0.5) is 0 Å². The molecule has 0 aliphatic heterocycles. The molecule has 0 aliphatic rings. The summed E-state index contributed by atoms with van der Waals surface area (Å²) in [4.78, 5) is 24.0. The second-order valence-corrected chi connectivity index (χ2v) is 7.58. The Kier molecular flexibility index (Phi) is 9.33. The molecule has 0 saturated heterocycles. The number of nitrogens with zero attached hydrogens (tertiary/aromatic N) is 1. The van der Waals surface area contributed by atoms with Gasteiger partial charge in [0.15, 0.2) is 11.5 Å². The van der Waals surface area contributed by atoms with Crippen LogP contribution in [0.3, 0.4) is 0 Å². The van der Waals surface area contributed by atoms with Gasteiger partial charge in [-0.3, -0.25) is 9.59 Å². The van der Waals surface area contributed by atoms with E-state index < -0.39 is 0 Å². The van der Waals surface area contributed by atoms with E-state index in [1.807, 2.05) is 19.9 Å². The molecule has 2 aromatic rings. The number of methoxy groups -OCH3 is 2. The minimum atomic E-state index is -0.322. The summed E-state index contributed by atoms with van der Waals surface area (Å²) in [6, 6.07) is 10.3. The summed E-state index contributed by atoms with van der Waals surface area (Å²) in [6.07, 6.45) is 1.59. The van der Waals surface area contributed by atoms with Crippen LogP contribution in [0.1, 0.15) is 36.2 Å². The smallest absolute Gasteiger partial charge is 0.251 e. The molecule has 2 amide bonds. The van der Waals surface area contributed by atoms with Crippen LogP contribution in [0.5, 0.6) is 17.2 Å². The number of halogens is 1. The van der Waals surface area contributed by atoms with E-state index in [1.165, 1.54) is 6.21 Å². The highest BCUT2D eigenvalue weighted by atomic mass is 79.9. The molecule has 2 aromatic carbocycles. The average Bonchev–Trinajstić information content (AvgIpc) is 2.75. The lowest BCUT2D eigenvalue weighted by atomic mass is 10.2.